The monoisotopic (exact) mass is 419 g/mol. The molecule has 2 aromatic carbocycles. The molecular formula is C16H13ClF3N3OS2. The Hall–Kier alpha value is -1.97. The highest BCUT2D eigenvalue weighted by atomic mass is 35.5. The van der Waals surface area contributed by atoms with Crippen LogP contribution >= 0.6 is 35.6 Å². The van der Waals surface area contributed by atoms with Crippen LogP contribution in [0.4, 0.5) is 18.9 Å². The van der Waals surface area contributed by atoms with Crippen LogP contribution in [-0.4, -0.2) is 16.8 Å². The van der Waals surface area contributed by atoms with Crippen molar-refractivity contribution < 1.29 is 18.0 Å². The fraction of sp³-hybridized carbons (Fsp3) is 0.125. The van der Waals surface area contributed by atoms with Crippen LogP contribution in [0, 0.1) is 17.5 Å². The first kappa shape index (κ1) is 20.3. The molecule has 138 valence electrons. The molecule has 0 aromatic heterocycles. The molecule has 0 aliphatic heterocycles. The number of thioether (sulfide) groups is 1. The van der Waals surface area contributed by atoms with Crippen molar-refractivity contribution in [3.63, 3.8) is 0 Å². The smallest absolute Gasteiger partial charge is 0.248 e. The van der Waals surface area contributed by atoms with Gasteiger partial charge < -0.3 is 5.32 Å². The molecule has 0 aliphatic carbocycles. The van der Waals surface area contributed by atoms with Crippen molar-refractivity contribution in [1.29, 1.82) is 0 Å². The number of hydrogen-bond donors (Lipinski definition) is 3. The van der Waals surface area contributed by atoms with E-state index in [9.17, 15) is 18.0 Å². The summed E-state index contributed by atoms with van der Waals surface area (Å²) in [6.07, 6.45) is 0. The van der Waals surface area contributed by atoms with E-state index in [4.69, 9.17) is 23.8 Å². The molecule has 2 aromatic rings. The molecule has 2 rings (SSSR count). The number of carbonyl (C=O) groups is 1. The molecule has 0 radical (unpaired) electrons. The first-order valence-corrected chi connectivity index (χ1v) is 9.12. The van der Waals surface area contributed by atoms with E-state index >= 15 is 0 Å². The van der Waals surface area contributed by atoms with Gasteiger partial charge in [-0.3, -0.25) is 15.6 Å². The quantitative estimate of drug-likeness (QED) is 0.505. The lowest BCUT2D eigenvalue weighted by atomic mass is 10.2. The second kappa shape index (κ2) is 9.65. The molecule has 0 atom stereocenters. The van der Waals surface area contributed by atoms with E-state index in [-0.39, 0.29) is 22.5 Å². The van der Waals surface area contributed by atoms with Gasteiger partial charge in [0.2, 0.25) is 5.91 Å². The lowest BCUT2D eigenvalue weighted by Gasteiger charge is -2.12. The Labute approximate surface area is 162 Å². The molecule has 0 saturated heterocycles. The SMILES string of the molecule is O=C(CSCc1ccc(F)cc1Cl)NNC(=S)Nc1ccc(F)cc1F. The van der Waals surface area contributed by atoms with Crippen LogP contribution < -0.4 is 16.2 Å². The summed E-state index contributed by atoms with van der Waals surface area (Å²) in [7, 11) is 0. The van der Waals surface area contributed by atoms with Crippen molar-refractivity contribution in [3.05, 3.63) is 64.4 Å². The first-order chi connectivity index (χ1) is 12.3. The van der Waals surface area contributed by atoms with E-state index in [1.807, 2.05) is 0 Å². The highest BCUT2D eigenvalue weighted by Gasteiger charge is 2.08. The fourth-order valence-electron chi connectivity index (χ4n) is 1.80. The van der Waals surface area contributed by atoms with Gasteiger partial charge >= 0.3 is 0 Å². The molecule has 4 nitrogen and oxygen atoms in total. The van der Waals surface area contributed by atoms with Crippen molar-refractivity contribution in [3.8, 4) is 0 Å². The second-order valence-electron chi connectivity index (χ2n) is 4.98. The van der Waals surface area contributed by atoms with Crippen LogP contribution in [0.1, 0.15) is 5.56 Å². The summed E-state index contributed by atoms with van der Waals surface area (Å²) >= 11 is 12.1. The molecule has 10 heteroatoms. The summed E-state index contributed by atoms with van der Waals surface area (Å²) in [5.41, 5.74) is 5.43. The summed E-state index contributed by atoms with van der Waals surface area (Å²) in [6.45, 7) is 0. The second-order valence-corrected chi connectivity index (χ2v) is 6.78. The topological polar surface area (TPSA) is 53.2 Å². The van der Waals surface area contributed by atoms with Crippen LogP contribution in [0.25, 0.3) is 0 Å². The largest absolute Gasteiger partial charge is 0.329 e. The predicted molar refractivity (Wildman–Crippen MR) is 101 cm³/mol. The summed E-state index contributed by atoms with van der Waals surface area (Å²) < 4.78 is 39.3. The molecule has 0 unspecified atom stereocenters. The Bertz CT molecular complexity index is 823. The number of nitrogens with one attached hydrogen (secondary N) is 3. The normalized spacial score (nSPS) is 10.3. The molecule has 3 N–H and O–H groups in total. The minimum absolute atomic E-state index is 0.0292. The molecule has 0 bridgehead atoms. The number of anilines is 1. The van der Waals surface area contributed by atoms with Gasteiger partial charge in [0, 0.05) is 16.8 Å². The zero-order valence-electron chi connectivity index (χ0n) is 13.1. The third kappa shape index (κ3) is 6.40. The average molecular weight is 420 g/mol. The van der Waals surface area contributed by atoms with Gasteiger partial charge in [-0.1, -0.05) is 17.7 Å². The minimum Gasteiger partial charge on any atom is -0.329 e. The minimum atomic E-state index is -0.813. The maximum atomic E-state index is 13.5. The van der Waals surface area contributed by atoms with Crippen molar-refractivity contribution in [2.75, 3.05) is 11.1 Å². The molecule has 26 heavy (non-hydrogen) atoms. The average Bonchev–Trinajstić information content (AvgIpc) is 2.57. The Morgan fingerprint density at radius 1 is 1.08 bits per heavy atom. The van der Waals surface area contributed by atoms with Crippen molar-refractivity contribution in [2.24, 2.45) is 0 Å². The molecule has 1 amide bonds. The van der Waals surface area contributed by atoms with E-state index in [1.54, 1.807) is 6.07 Å². The first-order valence-electron chi connectivity index (χ1n) is 7.17. The van der Waals surface area contributed by atoms with Gasteiger partial charge in [-0.25, -0.2) is 13.2 Å². The van der Waals surface area contributed by atoms with Gasteiger partial charge in [-0.2, -0.15) is 0 Å². The molecule has 0 heterocycles. The van der Waals surface area contributed by atoms with E-state index < -0.39 is 17.5 Å². The summed E-state index contributed by atoms with van der Waals surface area (Å²) in [5, 5.41) is 2.73. The van der Waals surface area contributed by atoms with E-state index in [0.29, 0.717) is 22.4 Å². The number of amides is 1. The summed E-state index contributed by atoms with van der Waals surface area (Å²) in [4.78, 5) is 11.7. The van der Waals surface area contributed by atoms with Gasteiger partial charge in [-0.05, 0) is 42.0 Å². The Morgan fingerprint density at radius 2 is 1.77 bits per heavy atom. The summed E-state index contributed by atoms with van der Waals surface area (Å²) in [5.74, 6) is -1.81. The number of benzene rings is 2. The lowest BCUT2D eigenvalue weighted by molar-refractivity contribution is -0.119. The number of halogens is 4. The molecular weight excluding hydrogens is 407 g/mol. The van der Waals surface area contributed by atoms with E-state index in [1.165, 1.54) is 30.0 Å². The Morgan fingerprint density at radius 3 is 2.46 bits per heavy atom. The number of carbonyl (C=O) groups excluding carboxylic acids is 1. The maximum absolute atomic E-state index is 13.5. The third-order valence-electron chi connectivity index (χ3n) is 3.00. The van der Waals surface area contributed by atoms with Crippen LogP contribution in [-0.2, 0) is 10.5 Å². The number of hydrazine groups is 1. The van der Waals surface area contributed by atoms with Crippen LogP contribution in [0.15, 0.2) is 36.4 Å². The lowest BCUT2D eigenvalue weighted by Crippen LogP contribution is -2.44. The number of rotatable bonds is 5. The molecule has 0 aliphatic rings. The van der Waals surface area contributed by atoms with Crippen molar-refractivity contribution in [1.82, 2.24) is 10.9 Å². The van der Waals surface area contributed by atoms with Gasteiger partial charge in [-0.15, -0.1) is 11.8 Å². The molecule has 0 fully saturated rings. The van der Waals surface area contributed by atoms with Crippen LogP contribution in [0.3, 0.4) is 0 Å². The third-order valence-corrected chi connectivity index (χ3v) is 4.54. The Balaban J connectivity index is 1.71. The van der Waals surface area contributed by atoms with Crippen molar-refractivity contribution >= 4 is 52.3 Å². The zero-order valence-corrected chi connectivity index (χ0v) is 15.5. The Kier molecular flexibility index (Phi) is 7.55. The van der Waals surface area contributed by atoms with Crippen LogP contribution in [0.2, 0.25) is 5.02 Å². The fourth-order valence-corrected chi connectivity index (χ4v) is 3.10. The highest BCUT2D eigenvalue weighted by molar-refractivity contribution is 7.99. The molecule has 0 saturated carbocycles. The van der Waals surface area contributed by atoms with Crippen LogP contribution in [0.5, 0.6) is 0 Å². The van der Waals surface area contributed by atoms with E-state index in [2.05, 4.69) is 16.2 Å². The van der Waals surface area contributed by atoms with Gasteiger partial charge in [0.05, 0.1) is 11.4 Å². The summed E-state index contributed by atoms with van der Waals surface area (Å²) in [6, 6.07) is 7.02. The van der Waals surface area contributed by atoms with Gasteiger partial charge in [0.25, 0.3) is 0 Å². The molecule has 0 spiro atoms. The van der Waals surface area contributed by atoms with Gasteiger partial charge in [0.15, 0.2) is 5.11 Å². The maximum Gasteiger partial charge on any atom is 0.248 e. The standard InChI is InChI=1S/C16H13ClF3N3OS2/c17-12-5-10(18)2-1-9(12)7-26-8-15(24)22-23-16(25)21-14-4-3-11(19)6-13(14)20/h1-6H,7-8H2,(H,22,24)(H2,21,23,25). The number of hydrogen-bond acceptors (Lipinski definition) is 3. The van der Waals surface area contributed by atoms with E-state index in [0.717, 1.165) is 6.07 Å². The highest BCUT2D eigenvalue weighted by Crippen LogP contribution is 2.22. The van der Waals surface area contributed by atoms with Crippen molar-refractivity contribution in [2.45, 2.75) is 5.75 Å². The zero-order chi connectivity index (χ0) is 19.1. The predicted octanol–water partition coefficient (Wildman–Crippen LogP) is 4.01. The van der Waals surface area contributed by atoms with Gasteiger partial charge in [0.1, 0.15) is 17.5 Å². The number of thiocarbonyl (C=S) groups is 1.